The van der Waals surface area contributed by atoms with E-state index in [9.17, 15) is 22.8 Å². The van der Waals surface area contributed by atoms with Crippen molar-refractivity contribution in [3.8, 4) is 0 Å². The maximum absolute atomic E-state index is 13.5. The molecule has 0 unspecified atom stereocenters. The maximum Gasteiger partial charge on any atom is 0.416 e. The normalized spacial score (nSPS) is 16.9. The zero-order valence-corrected chi connectivity index (χ0v) is 20.2. The summed E-state index contributed by atoms with van der Waals surface area (Å²) in [5, 5.41) is 1.92. The van der Waals surface area contributed by atoms with E-state index in [2.05, 4.69) is 15.9 Å². The third kappa shape index (κ3) is 4.96. The molecule has 0 bridgehead atoms. The average molecular weight is 543 g/mol. The molecule has 1 fully saturated rings. The van der Waals surface area contributed by atoms with Crippen LogP contribution < -0.4 is 0 Å². The number of piperidine rings is 1. The van der Waals surface area contributed by atoms with Gasteiger partial charge in [0.1, 0.15) is 5.69 Å². The number of hydrogen-bond donors (Lipinski definition) is 0. The van der Waals surface area contributed by atoms with Crippen LogP contribution >= 0.6 is 27.3 Å². The summed E-state index contributed by atoms with van der Waals surface area (Å²) in [6, 6.07) is 6.77. The minimum Gasteiger partial charge on any atom is -0.466 e. The third-order valence-corrected chi connectivity index (χ3v) is 7.57. The number of esters is 1. The van der Waals surface area contributed by atoms with Crippen LogP contribution in [0.4, 0.5) is 13.2 Å². The highest BCUT2D eigenvalue weighted by Crippen LogP contribution is 2.35. The number of thiophene rings is 1. The van der Waals surface area contributed by atoms with Gasteiger partial charge in [-0.2, -0.15) is 13.2 Å². The number of likely N-dealkylation sites (tertiary alicyclic amines) is 1. The lowest BCUT2D eigenvalue weighted by Crippen LogP contribution is -2.43. The van der Waals surface area contributed by atoms with Gasteiger partial charge in [0.2, 0.25) is 0 Å². The molecule has 3 aromatic rings. The fourth-order valence-electron chi connectivity index (χ4n) is 4.13. The lowest BCUT2D eigenvalue weighted by atomic mass is 9.98. The van der Waals surface area contributed by atoms with Crippen molar-refractivity contribution < 1.29 is 27.5 Å². The molecule has 1 aliphatic heterocycles. The second-order valence-electron chi connectivity index (χ2n) is 7.95. The molecule has 10 heteroatoms. The molecule has 1 atom stereocenters. The Kier molecular flexibility index (Phi) is 6.86. The quantitative estimate of drug-likeness (QED) is 0.374. The predicted octanol–water partition coefficient (Wildman–Crippen LogP) is 5.95. The van der Waals surface area contributed by atoms with Gasteiger partial charge in [0, 0.05) is 25.0 Å². The summed E-state index contributed by atoms with van der Waals surface area (Å²) in [5.74, 6) is -0.848. The first-order valence-corrected chi connectivity index (χ1v) is 12.2. The first-order chi connectivity index (χ1) is 15.7. The number of amides is 1. The van der Waals surface area contributed by atoms with Crippen LogP contribution in [0.2, 0.25) is 0 Å². The SMILES string of the molecule is CCOC(=O)[C@H]1CCCN(C(=O)c2cc3scc(Br)c3n2Cc2ccc(C(F)(F)F)cc2)C1. The van der Waals surface area contributed by atoms with Gasteiger partial charge in [-0.1, -0.05) is 12.1 Å². The van der Waals surface area contributed by atoms with Gasteiger partial charge < -0.3 is 14.2 Å². The van der Waals surface area contributed by atoms with E-state index in [1.807, 2.05) is 16.0 Å². The first kappa shape index (κ1) is 23.8. The van der Waals surface area contributed by atoms with Gasteiger partial charge >= 0.3 is 12.1 Å². The molecule has 0 aliphatic carbocycles. The molecule has 0 N–H and O–H groups in total. The molecule has 176 valence electrons. The Morgan fingerprint density at radius 2 is 1.97 bits per heavy atom. The number of carbonyl (C=O) groups excluding carboxylic acids is 2. The van der Waals surface area contributed by atoms with Gasteiger partial charge in [-0.05, 0) is 59.5 Å². The minimum absolute atomic E-state index is 0.203. The van der Waals surface area contributed by atoms with Crippen LogP contribution in [-0.4, -0.2) is 41.0 Å². The molecule has 4 rings (SSSR count). The van der Waals surface area contributed by atoms with Gasteiger partial charge in [-0.15, -0.1) is 11.3 Å². The Morgan fingerprint density at radius 3 is 2.64 bits per heavy atom. The van der Waals surface area contributed by atoms with E-state index >= 15 is 0 Å². The number of aromatic nitrogens is 1. The molecule has 0 radical (unpaired) electrons. The standard InChI is InChI=1S/C23H22BrF3N2O3S/c1-2-32-22(31)15-4-3-9-28(12-15)21(30)18-10-19-20(17(24)13-33-19)29(18)11-14-5-7-16(8-6-14)23(25,26)27/h5-8,10,13,15H,2-4,9,11-12H2,1H3/t15-/m0/s1. The largest absolute Gasteiger partial charge is 0.466 e. The number of hydrogen-bond acceptors (Lipinski definition) is 4. The zero-order valence-electron chi connectivity index (χ0n) is 17.8. The summed E-state index contributed by atoms with van der Waals surface area (Å²) in [6.07, 6.45) is -3.02. The van der Waals surface area contributed by atoms with E-state index in [1.54, 1.807) is 11.8 Å². The topological polar surface area (TPSA) is 51.5 Å². The van der Waals surface area contributed by atoms with Crippen molar-refractivity contribution in [1.82, 2.24) is 9.47 Å². The summed E-state index contributed by atoms with van der Waals surface area (Å²) in [7, 11) is 0. The molecule has 3 heterocycles. The molecule has 1 aromatic carbocycles. The highest BCUT2D eigenvalue weighted by atomic mass is 79.9. The fourth-order valence-corrected chi connectivity index (χ4v) is 5.82. The van der Waals surface area contributed by atoms with Crippen LogP contribution in [0.5, 0.6) is 0 Å². The number of halogens is 4. The molecule has 2 aromatic heterocycles. The highest BCUT2D eigenvalue weighted by molar-refractivity contribution is 9.10. The summed E-state index contributed by atoms with van der Waals surface area (Å²) in [5.41, 5.74) is 1.20. The first-order valence-electron chi connectivity index (χ1n) is 10.6. The van der Waals surface area contributed by atoms with Crippen LogP contribution in [0, 0.1) is 5.92 Å². The summed E-state index contributed by atoms with van der Waals surface area (Å²) < 4.78 is 47.5. The van der Waals surface area contributed by atoms with E-state index in [1.165, 1.54) is 23.5 Å². The number of alkyl halides is 3. The number of carbonyl (C=O) groups is 2. The molecule has 1 saturated heterocycles. The van der Waals surface area contributed by atoms with Crippen LogP contribution in [-0.2, 0) is 22.3 Å². The molecule has 33 heavy (non-hydrogen) atoms. The van der Waals surface area contributed by atoms with Gasteiger partial charge in [0.25, 0.3) is 5.91 Å². The maximum atomic E-state index is 13.5. The minimum atomic E-state index is -4.40. The highest BCUT2D eigenvalue weighted by Gasteiger charge is 2.32. The number of benzene rings is 1. The Bertz CT molecular complexity index is 1170. The Hall–Kier alpha value is -2.33. The van der Waals surface area contributed by atoms with Crippen molar-refractivity contribution in [2.45, 2.75) is 32.5 Å². The van der Waals surface area contributed by atoms with Gasteiger partial charge in [-0.3, -0.25) is 9.59 Å². The second kappa shape index (κ2) is 9.50. The van der Waals surface area contributed by atoms with E-state index in [4.69, 9.17) is 4.74 Å². The van der Waals surface area contributed by atoms with E-state index in [-0.39, 0.29) is 30.9 Å². The number of fused-ring (bicyclic) bond motifs is 1. The number of rotatable bonds is 5. The lowest BCUT2D eigenvalue weighted by Gasteiger charge is -2.31. The van der Waals surface area contributed by atoms with Crippen molar-refractivity contribution in [2.24, 2.45) is 5.92 Å². The predicted molar refractivity (Wildman–Crippen MR) is 123 cm³/mol. The van der Waals surface area contributed by atoms with Crippen LogP contribution in [0.25, 0.3) is 10.2 Å². The summed E-state index contributed by atoms with van der Waals surface area (Å²) >= 11 is 5.01. The smallest absolute Gasteiger partial charge is 0.416 e. The van der Waals surface area contributed by atoms with Crippen LogP contribution in [0.1, 0.15) is 41.4 Å². The van der Waals surface area contributed by atoms with E-state index in [0.717, 1.165) is 26.8 Å². The number of nitrogens with zero attached hydrogens (tertiary/aromatic N) is 2. The molecule has 5 nitrogen and oxygen atoms in total. The molecular formula is C23H22BrF3N2O3S. The van der Waals surface area contributed by atoms with Crippen LogP contribution in [0.3, 0.4) is 0 Å². The van der Waals surface area contributed by atoms with Crippen molar-refractivity contribution in [2.75, 3.05) is 19.7 Å². The van der Waals surface area contributed by atoms with Gasteiger partial charge in [0.15, 0.2) is 0 Å². The van der Waals surface area contributed by atoms with Gasteiger partial charge in [-0.25, -0.2) is 0 Å². The Labute approximate surface area is 201 Å². The molecule has 1 aliphatic rings. The summed E-state index contributed by atoms with van der Waals surface area (Å²) in [6.45, 7) is 3.12. The summed E-state index contributed by atoms with van der Waals surface area (Å²) in [4.78, 5) is 27.4. The van der Waals surface area contributed by atoms with Crippen molar-refractivity contribution >= 4 is 49.4 Å². The molecule has 0 saturated carbocycles. The second-order valence-corrected chi connectivity index (χ2v) is 9.71. The van der Waals surface area contributed by atoms with Crippen molar-refractivity contribution in [3.63, 3.8) is 0 Å². The Morgan fingerprint density at radius 1 is 1.24 bits per heavy atom. The van der Waals surface area contributed by atoms with Crippen molar-refractivity contribution in [1.29, 1.82) is 0 Å². The third-order valence-electron chi connectivity index (χ3n) is 5.75. The number of ether oxygens (including phenoxy) is 1. The molecule has 0 spiro atoms. The van der Waals surface area contributed by atoms with Crippen LogP contribution in [0.15, 0.2) is 40.2 Å². The monoisotopic (exact) mass is 542 g/mol. The molecule has 1 amide bonds. The van der Waals surface area contributed by atoms with E-state index < -0.39 is 11.7 Å². The van der Waals surface area contributed by atoms with Gasteiger partial charge in [0.05, 0.1) is 32.8 Å². The van der Waals surface area contributed by atoms with E-state index in [0.29, 0.717) is 37.3 Å². The zero-order chi connectivity index (χ0) is 23.8. The Balaban J connectivity index is 1.64. The van der Waals surface area contributed by atoms with Crippen molar-refractivity contribution in [3.05, 3.63) is 57.0 Å². The average Bonchev–Trinajstić information content (AvgIpc) is 3.33. The fraction of sp³-hybridized carbons (Fsp3) is 0.391. The molecular weight excluding hydrogens is 521 g/mol. The lowest BCUT2D eigenvalue weighted by molar-refractivity contribution is -0.149.